The minimum absolute atomic E-state index is 0.0341. The highest BCUT2D eigenvalue weighted by molar-refractivity contribution is 7.89. The van der Waals surface area contributed by atoms with E-state index in [0.29, 0.717) is 42.5 Å². The Morgan fingerprint density at radius 1 is 1.43 bits per heavy atom. The molecular weight excluding hydrogens is 292 g/mol. The van der Waals surface area contributed by atoms with Crippen molar-refractivity contribution in [2.45, 2.75) is 44.2 Å². The van der Waals surface area contributed by atoms with Crippen LogP contribution in [0.1, 0.15) is 24.2 Å². The van der Waals surface area contributed by atoms with Gasteiger partial charge in [0.15, 0.2) is 0 Å². The quantitative estimate of drug-likeness (QED) is 0.841. The van der Waals surface area contributed by atoms with Crippen molar-refractivity contribution in [3.63, 3.8) is 0 Å². The van der Waals surface area contributed by atoms with Crippen LogP contribution in [0, 0.1) is 13.8 Å². The zero-order valence-corrected chi connectivity index (χ0v) is 13.7. The normalized spacial score (nSPS) is 20.9. The highest BCUT2D eigenvalue weighted by atomic mass is 32.2. The van der Waals surface area contributed by atoms with E-state index >= 15 is 0 Å². The fraction of sp³-hybridized carbons (Fsp3) is 0.769. The van der Waals surface area contributed by atoms with E-state index in [1.165, 1.54) is 4.31 Å². The van der Waals surface area contributed by atoms with Crippen LogP contribution in [0.25, 0.3) is 0 Å². The van der Waals surface area contributed by atoms with Gasteiger partial charge in [-0.1, -0.05) is 0 Å². The Morgan fingerprint density at radius 3 is 2.76 bits per heavy atom. The van der Waals surface area contributed by atoms with Gasteiger partial charge in [0.1, 0.15) is 4.90 Å². The van der Waals surface area contributed by atoms with Crippen LogP contribution in [0.15, 0.2) is 4.90 Å². The molecule has 0 amide bonds. The fourth-order valence-corrected chi connectivity index (χ4v) is 4.72. The van der Waals surface area contributed by atoms with E-state index in [2.05, 4.69) is 5.10 Å². The molecule has 1 fully saturated rings. The Labute approximate surface area is 126 Å². The zero-order valence-electron chi connectivity index (χ0n) is 12.9. The van der Waals surface area contributed by atoms with Crippen LogP contribution < -0.4 is 5.73 Å². The van der Waals surface area contributed by atoms with Crippen LogP contribution in [0.4, 0.5) is 0 Å². The maximum atomic E-state index is 12.9. The summed E-state index contributed by atoms with van der Waals surface area (Å²) in [5.41, 5.74) is 6.72. The summed E-state index contributed by atoms with van der Waals surface area (Å²) >= 11 is 0. The van der Waals surface area contributed by atoms with E-state index < -0.39 is 10.0 Å². The molecule has 0 radical (unpaired) electrons. The smallest absolute Gasteiger partial charge is 0.246 e. The number of rotatable bonds is 5. The number of sulfonamides is 1. The predicted octanol–water partition coefficient (Wildman–Crippen LogP) is 0.258. The van der Waals surface area contributed by atoms with Gasteiger partial charge >= 0.3 is 0 Å². The Morgan fingerprint density at radius 2 is 2.14 bits per heavy atom. The molecule has 2 rings (SSSR count). The number of methoxy groups -OCH3 is 1. The lowest BCUT2D eigenvalue weighted by Gasteiger charge is -2.31. The highest BCUT2D eigenvalue weighted by Crippen LogP contribution is 2.26. The van der Waals surface area contributed by atoms with E-state index in [4.69, 9.17) is 10.5 Å². The summed E-state index contributed by atoms with van der Waals surface area (Å²) in [5.74, 6) is 0. The number of nitrogens with two attached hydrogens (primary N) is 1. The summed E-state index contributed by atoms with van der Waals surface area (Å²) in [5, 5.41) is 4.30. The minimum Gasteiger partial charge on any atom is -0.380 e. The van der Waals surface area contributed by atoms with Gasteiger partial charge in [-0.2, -0.15) is 9.40 Å². The molecule has 0 aliphatic carbocycles. The van der Waals surface area contributed by atoms with Crippen LogP contribution in [-0.4, -0.2) is 55.4 Å². The van der Waals surface area contributed by atoms with Crippen molar-refractivity contribution in [2.75, 3.05) is 26.7 Å². The first-order valence-corrected chi connectivity index (χ1v) is 8.62. The average Bonchev–Trinajstić information content (AvgIpc) is 2.74. The highest BCUT2D eigenvalue weighted by Gasteiger charge is 2.34. The topological polar surface area (TPSA) is 90.5 Å². The molecule has 1 unspecified atom stereocenters. The monoisotopic (exact) mass is 316 g/mol. The standard InChI is InChI=1S/C13H24N4O3S/c1-10-13(11(2)17(15-10)8-6-14)21(18,19)16-7-4-5-12(9-16)20-3/h12H,4-9,14H2,1-3H3. The molecule has 0 saturated carbocycles. The number of hydrogen-bond donors (Lipinski definition) is 1. The van der Waals surface area contributed by atoms with Crippen LogP contribution in [0.3, 0.4) is 0 Å². The lowest BCUT2D eigenvalue weighted by atomic mass is 10.1. The van der Waals surface area contributed by atoms with E-state index in [0.717, 1.165) is 12.8 Å². The lowest BCUT2D eigenvalue weighted by Crippen LogP contribution is -2.43. The first kappa shape index (κ1) is 16.4. The summed E-state index contributed by atoms with van der Waals surface area (Å²) in [7, 11) is -1.91. The first-order valence-electron chi connectivity index (χ1n) is 7.18. The minimum atomic E-state index is -3.53. The van der Waals surface area contributed by atoms with Gasteiger partial charge in [0.05, 0.1) is 24.0 Å². The molecule has 1 aromatic heterocycles. The largest absolute Gasteiger partial charge is 0.380 e. The Hall–Kier alpha value is -0.960. The second-order valence-electron chi connectivity index (χ2n) is 5.37. The fourth-order valence-electron chi connectivity index (χ4n) is 2.84. The van der Waals surface area contributed by atoms with Gasteiger partial charge < -0.3 is 10.5 Å². The van der Waals surface area contributed by atoms with Gasteiger partial charge in [-0.05, 0) is 26.7 Å². The molecule has 2 N–H and O–H groups in total. The van der Waals surface area contributed by atoms with Gasteiger partial charge in [0, 0.05) is 26.7 Å². The number of aryl methyl sites for hydroxylation is 1. The molecule has 2 heterocycles. The van der Waals surface area contributed by atoms with Gasteiger partial charge in [-0.15, -0.1) is 0 Å². The summed E-state index contributed by atoms with van der Waals surface area (Å²) < 4.78 is 34.3. The first-order chi connectivity index (χ1) is 9.91. The van der Waals surface area contributed by atoms with Crippen molar-refractivity contribution >= 4 is 10.0 Å². The summed E-state index contributed by atoms with van der Waals surface area (Å²) in [6.07, 6.45) is 1.67. The molecule has 0 aromatic carbocycles. The second-order valence-corrected chi connectivity index (χ2v) is 7.25. The van der Waals surface area contributed by atoms with Crippen molar-refractivity contribution in [3.05, 3.63) is 11.4 Å². The van der Waals surface area contributed by atoms with Crippen LogP contribution >= 0.6 is 0 Å². The van der Waals surface area contributed by atoms with Gasteiger partial charge in [-0.25, -0.2) is 8.42 Å². The molecular formula is C13H24N4O3S. The van der Waals surface area contributed by atoms with Gasteiger partial charge in [0.25, 0.3) is 0 Å². The molecule has 8 heteroatoms. The molecule has 21 heavy (non-hydrogen) atoms. The van der Waals surface area contributed by atoms with Gasteiger partial charge in [-0.3, -0.25) is 4.68 Å². The number of ether oxygens (including phenoxy) is 1. The zero-order chi connectivity index (χ0) is 15.6. The predicted molar refractivity (Wildman–Crippen MR) is 79.5 cm³/mol. The van der Waals surface area contributed by atoms with Crippen molar-refractivity contribution in [3.8, 4) is 0 Å². The van der Waals surface area contributed by atoms with Gasteiger partial charge in [0.2, 0.25) is 10.0 Å². The molecule has 7 nitrogen and oxygen atoms in total. The third kappa shape index (κ3) is 3.13. The average molecular weight is 316 g/mol. The maximum absolute atomic E-state index is 12.9. The molecule has 1 aromatic rings. The van der Waals surface area contributed by atoms with E-state index in [-0.39, 0.29) is 6.10 Å². The lowest BCUT2D eigenvalue weighted by molar-refractivity contribution is 0.0571. The van der Waals surface area contributed by atoms with Crippen LogP contribution in [0.5, 0.6) is 0 Å². The SMILES string of the molecule is COC1CCCN(S(=O)(=O)c2c(C)nn(CCN)c2C)C1. The van der Waals surface area contributed by atoms with E-state index in [1.54, 1.807) is 25.6 Å². The molecule has 0 bridgehead atoms. The molecule has 0 spiro atoms. The third-order valence-electron chi connectivity index (χ3n) is 3.93. The number of aromatic nitrogens is 2. The second kappa shape index (κ2) is 6.43. The van der Waals surface area contributed by atoms with E-state index in [1.807, 2.05) is 0 Å². The van der Waals surface area contributed by atoms with Crippen molar-refractivity contribution in [1.29, 1.82) is 0 Å². The van der Waals surface area contributed by atoms with Crippen molar-refractivity contribution < 1.29 is 13.2 Å². The van der Waals surface area contributed by atoms with Crippen molar-refractivity contribution in [2.24, 2.45) is 5.73 Å². The van der Waals surface area contributed by atoms with Crippen LogP contribution in [-0.2, 0) is 21.3 Å². The molecule has 1 saturated heterocycles. The third-order valence-corrected chi connectivity index (χ3v) is 6.05. The summed E-state index contributed by atoms with van der Waals surface area (Å²) in [6.45, 7) is 5.38. The molecule has 120 valence electrons. The van der Waals surface area contributed by atoms with Crippen LogP contribution in [0.2, 0.25) is 0 Å². The Bertz CT molecular complexity index is 597. The Kier molecular flexibility index (Phi) is 5.03. The number of piperidine rings is 1. The Balaban J connectivity index is 2.35. The molecule has 1 aliphatic heterocycles. The summed E-state index contributed by atoms with van der Waals surface area (Å²) in [6, 6.07) is 0. The van der Waals surface area contributed by atoms with E-state index in [9.17, 15) is 8.42 Å². The summed E-state index contributed by atoms with van der Waals surface area (Å²) in [4.78, 5) is 0.313. The number of nitrogens with zero attached hydrogens (tertiary/aromatic N) is 3. The molecule has 1 aliphatic rings. The van der Waals surface area contributed by atoms with Crippen molar-refractivity contribution in [1.82, 2.24) is 14.1 Å². The molecule has 1 atom stereocenters. The maximum Gasteiger partial charge on any atom is 0.246 e. The number of hydrogen-bond acceptors (Lipinski definition) is 5.